The van der Waals surface area contributed by atoms with Gasteiger partial charge in [0.25, 0.3) is 0 Å². The first-order valence-corrected chi connectivity index (χ1v) is 6.97. The van der Waals surface area contributed by atoms with Crippen molar-refractivity contribution in [3.8, 4) is 0 Å². The Hall–Kier alpha value is -1.34. The predicted molar refractivity (Wildman–Crippen MR) is 79.0 cm³/mol. The largest absolute Gasteiger partial charge is 0.0924 e. The Kier molecular flexibility index (Phi) is 2.86. The maximum absolute atomic E-state index is 3.54. The second-order valence-corrected chi connectivity index (χ2v) is 5.03. The van der Waals surface area contributed by atoms with Crippen molar-refractivity contribution < 1.29 is 0 Å². The Labute approximate surface area is 109 Å². The minimum atomic E-state index is 1.01. The molecule has 0 nitrogen and oxygen atoms in total. The third-order valence-electron chi connectivity index (χ3n) is 3.22. The molecule has 0 saturated carbocycles. The van der Waals surface area contributed by atoms with Crippen LogP contribution < -0.4 is 0 Å². The van der Waals surface area contributed by atoms with E-state index in [0.29, 0.717) is 0 Å². The lowest BCUT2D eigenvalue weighted by Gasteiger charge is -2.09. The smallest absolute Gasteiger partial charge is 0.00720 e. The summed E-state index contributed by atoms with van der Waals surface area (Å²) in [5, 5.41) is 6.44. The molecule has 0 radical (unpaired) electrons. The number of hydrogen-bond acceptors (Lipinski definition) is 0. The highest BCUT2D eigenvalue weighted by molar-refractivity contribution is 9.09. The number of aryl methyl sites for hydroxylation is 1. The number of halogens is 1. The topological polar surface area (TPSA) is 0 Å². The van der Waals surface area contributed by atoms with Crippen LogP contribution in [0.3, 0.4) is 0 Å². The Morgan fingerprint density at radius 1 is 0.765 bits per heavy atom. The van der Waals surface area contributed by atoms with E-state index in [1.54, 1.807) is 0 Å². The van der Waals surface area contributed by atoms with E-state index in [4.69, 9.17) is 0 Å². The summed E-state index contributed by atoms with van der Waals surface area (Å²) < 4.78 is 0. The monoisotopic (exact) mass is 284 g/mol. The van der Waals surface area contributed by atoms with Gasteiger partial charge in [0.15, 0.2) is 0 Å². The van der Waals surface area contributed by atoms with Gasteiger partial charge in [-0.25, -0.2) is 0 Å². The molecule has 1 heteroatoms. The molecule has 84 valence electrons. The Morgan fingerprint density at radius 3 is 2.18 bits per heavy atom. The molecule has 0 N–H and O–H groups in total. The number of alkyl halides is 1. The predicted octanol–water partition coefficient (Wildman–Crippen LogP) is 4.93. The van der Waals surface area contributed by atoms with Crippen LogP contribution in [0.1, 0.15) is 5.56 Å². The van der Waals surface area contributed by atoms with Crippen LogP contribution in [0.15, 0.2) is 54.6 Å². The van der Waals surface area contributed by atoms with Gasteiger partial charge in [0.2, 0.25) is 0 Å². The number of benzene rings is 3. The molecule has 0 spiro atoms. The standard InChI is InChI=1S/C16H13Br/c17-10-9-13-11-12-5-1-2-6-14(12)16-8-4-3-7-15(13)16/h1-8,11H,9-10H2. The third kappa shape index (κ3) is 1.85. The molecule has 3 aromatic carbocycles. The van der Waals surface area contributed by atoms with Gasteiger partial charge in [-0.15, -0.1) is 0 Å². The lowest BCUT2D eigenvalue weighted by molar-refractivity contribution is 1.20. The van der Waals surface area contributed by atoms with E-state index in [2.05, 4.69) is 70.5 Å². The van der Waals surface area contributed by atoms with E-state index >= 15 is 0 Å². The first-order chi connectivity index (χ1) is 8.40. The molecule has 0 atom stereocenters. The molecule has 3 rings (SSSR count). The van der Waals surface area contributed by atoms with Crippen LogP contribution in [0.25, 0.3) is 21.5 Å². The van der Waals surface area contributed by atoms with E-state index in [1.807, 2.05) is 0 Å². The molecule has 0 unspecified atom stereocenters. The van der Waals surface area contributed by atoms with E-state index in [1.165, 1.54) is 27.1 Å². The summed E-state index contributed by atoms with van der Waals surface area (Å²) in [4.78, 5) is 0. The third-order valence-corrected chi connectivity index (χ3v) is 3.61. The summed E-state index contributed by atoms with van der Waals surface area (Å²) in [6.07, 6.45) is 1.07. The maximum atomic E-state index is 3.54. The van der Waals surface area contributed by atoms with Crippen LogP contribution in [0.4, 0.5) is 0 Å². The van der Waals surface area contributed by atoms with Gasteiger partial charge >= 0.3 is 0 Å². The summed E-state index contributed by atoms with van der Waals surface area (Å²) >= 11 is 3.54. The lowest BCUT2D eigenvalue weighted by atomic mass is 9.96. The van der Waals surface area contributed by atoms with Crippen molar-refractivity contribution in [2.45, 2.75) is 6.42 Å². The second-order valence-electron chi connectivity index (χ2n) is 4.24. The molecule has 0 aliphatic rings. The SMILES string of the molecule is BrCCc1cc2ccccc2c2ccccc12. The zero-order chi connectivity index (χ0) is 11.7. The van der Waals surface area contributed by atoms with E-state index < -0.39 is 0 Å². The molecule has 0 amide bonds. The summed E-state index contributed by atoms with van der Waals surface area (Å²) in [7, 11) is 0. The van der Waals surface area contributed by atoms with Gasteiger partial charge in [-0.05, 0) is 33.5 Å². The molecular weight excluding hydrogens is 272 g/mol. The second kappa shape index (κ2) is 4.50. The van der Waals surface area contributed by atoms with Gasteiger partial charge in [0.1, 0.15) is 0 Å². The van der Waals surface area contributed by atoms with Crippen molar-refractivity contribution in [1.82, 2.24) is 0 Å². The molecule has 0 bridgehead atoms. The van der Waals surface area contributed by atoms with E-state index in [-0.39, 0.29) is 0 Å². The van der Waals surface area contributed by atoms with Crippen molar-refractivity contribution in [3.63, 3.8) is 0 Å². The van der Waals surface area contributed by atoms with Crippen LogP contribution in [0.5, 0.6) is 0 Å². The fraction of sp³-hybridized carbons (Fsp3) is 0.125. The van der Waals surface area contributed by atoms with Gasteiger partial charge in [0, 0.05) is 5.33 Å². The summed E-state index contributed by atoms with van der Waals surface area (Å²) in [6, 6.07) is 19.6. The normalized spacial score (nSPS) is 11.1. The molecule has 0 aliphatic carbocycles. The lowest BCUT2D eigenvalue weighted by Crippen LogP contribution is -1.89. The van der Waals surface area contributed by atoms with E-state index in [9.17, 15) is 0 Å². The van der Waals surface area contributed by atoms with Crippen molar-refractivity contribution in [2.24, 2.45) is 0 Å². The minimum absolute atomic E-state index is 1.01. The molecular formula is C16H13Br. The Balaban J connectivity index is 2.45. The Morgan fingerprint density at radius 2 is 1.41 bits per heavy atom. The number of rotatable bonds is 2. The molecule has 17 heavy (non-hydrogen) atoms. The fourth-order valence-corrected chi connectivity index (χ4v) is 2.87. The molecule has 0 heterocycles. The minimum Gasteiger partial charge on any atom is -0.0924 e. The van der Waals surface area contributed by atoms with Crippen molar-refractivity contribution >= 4 is 37.5 Å². The molecule has 0 aliphatic heterocycles. The van der Waals surface area contributed by atoms with Crippen LogP contribution in [-0.2, 0) is 6.42 Å². The highest BCUT2D eigenvalue weighted by Gasteiger charge is 2.04. The zero-order valence-electron chi connectivity index (χ0n) is 9.49. The Bertz CT molecular complexity index is 670. The number of hydrogen-bond donors (Lipinski definition) is 0. The highest BCUT2D eigenvalue weighted by Crippen LogP contribution is 2.28. The van der Waals surface area contributed by atoms with Crippen molar-refractivity contribution in [1.29, 1.82) is 0 Å². The van der Waals surface area contributed by atoms with Gasteiger partial charge < -0.3 is 0 Å². The fourth-order valence-electron chi connectivity index (χ4n) is 2.44. The van der Waals surface area contributed by atoms with Crippen molar-refractivity contribution in [3.05, 3.63) is 60.2 Å². The first kappa shape index (κ1) is 10.8. The average molecular weight is 285 g/mol. The summed E-state index contributed by atoms with van der Waals surface area (Å²) in [5.41, 5.74) is 1.43. The van der Waals surface area contributed by atoms with Gasteiger partial charge in [0.05, 0.1) is 0 Å². The van der Waals surface area contributed by atoms with Gasteiger partial charge in [-0.3, -0.25) is 0 Å². The van der Waals surface area contributed by atoms with Crippen molar-refractivity contribution in [2.75, 3.05) is 5.33 Å². The molecule has 0 aromatic heterocycles. The van der Waals surface area contributed by atoms with Gasteiger partial charge in [-0.1, -0.05) is 70.5 Å². The maximum Gasteiger partial charge on any atom is 0.00720 e. The molecule has 0 fully saturated rings. The van der Waals surface area contributed by atoms with Gasteiger partial charge in [-0.2, -0.15) is 0 Å². The van der Waals surface area contributed by atoms with Crippen LogP contribution in [0.2, 0.25) is 0 Å². The first-order valence-electron chi connectivity index (χ1n) is 5.85. The molecule has 0 saturated heterocycles. The number of fused-ring (bicyclic) bond motifs is 3. The van der Waals surface area contributed by atoms with E-state index in [0.717, 1.165) is 11.8 Å². The quantitative estimate of drug-likeness (QED) is 0.462. The molecule has 3 aromatic rings. The highest BCUT2D eigenvalue weighted by atomic mass is 79.9. The van der Waals surface area contributed by atoms with Crippen LogP contribution >= 0.6 is 15.9 Å². The summed E-state index contributed by atoms with van der Waals surface area (Å²) in [5.74, 6) is 0. The average Bonchev–Trinajstić information content (AvgIpc) is 2.39. The summed E-state index contributed by atoms with van der Waals surface area (Å²) in [6.45, 7) is 0. The van der Waals surface area contributed by atoms with Crippen LogP contribution in [0, 0.1) is 0 Å². The zero-order valence-corrected chi connectivity index (χ0v) is 11.1. The van der Waals surface area contributed by atoms with Crippen LogP contribution in [-0.4, -0.2) is 5.33 Å².